The molecule has 2 unspecified atom stereocenters. The topological polar surface area (TPSA) is 76.0 Å². The first-order valence-electron chi connectivity index (χ1n) is 9.43. The molecule has 0 amide bonds. The average molecular weight is 412 g/mol. The average Bonchev–Trinajstić information content (AvgIpc) is 2.66. The van der Waals surface area contributed by atoms with Crippen LogP contribution in [0, 0.1) is 13.8 Å². The molecule has 29 heavy (non-hydrogen) atoms. The van der Waals surface area contributed by atoms with E-state index >= 15 is 0 Å². The lowest BCUT2D eigenvalue weighted by Gasteiger charge is -2.15. The summed E-state index contributed by atoms with van der Waals surface area (Å²) in [6, 6.07) is 21.7. The van der Waals surface area contributed by atoms with Crippen molar-refractivity contribution < 1.29 is 23.6 Å². The number of rotatable bonds is 8. The van der Waals surface area contributed by atoms with Gasteiger partial charge in [0.15, 0.2) is 0 Å². The van der Waals surface area contributed by atoms with Crippen molar-refractivity contribution in [3.63, 3.8) is 0 Å². The minimum absolute atomic E-state index is 0.243. The van der Waals surface area contributed by atoms with E-state index in [0.717, 1.165) is 22.3 Å². The fraction of sp³-hybridized carbons (Fsp3) is 0.217. The number of phosphoric ester groups is 1. The minimum Gasteiger partial charge on any atom is -0.395 e. The molecule has 0 spiro atoms. The van der Waals surface area contributed by atoms with Crippen LogP contribution in [0.5, 0.6) is 11.5 Å². The molecule has 0 heterocycles. The normalized spacial score (nSPS) is 14.1. The van der Waals surface area contributed by atoms with Gasteiger partial charge in [-0.25, -0.2) is 4.57 Å². The Morgan fingerprint density at radius 3 is 2.07 bits per heavy atom. The maximum atomic E-state index is 12.3. The maximum absolute atomic E-state index is 12.3. The van der Waals surface area contributed by atoms with Crippen molar-refractivity contribution in [2.45, 2.75) is 32.8 Å². The van der Waals surface area contributed by atoms with Crippen molar-refractivity contribution in [3.8, 4) is 11.5 Å². The van der Waals surface area contributed by atoms with Crippen LogP contribution in [0.1, 0.15) is 34.8 Å². The lowest BCUT2D eigenvalue weighted by atomic mass is 10.0. The summed E-state index contributed by atoms with van der Waals surface area (Å²) in [6.07, 6.45) is 0.723. The summed E-state index contributed by atoms with van der Waals surface area (Å²) in [5.41, 5.74) is 3.75. The van der Waals surface area contributed by atoms with Gasteiger partial charge in [0.05, 0.1) is 6.10 Å². The molecule has 0 bridgehead atoms. The first kappa shape index (κ1) is 21.1. The Bertz CT molecular complexity index is 966. The van der Waals surface area contributed by atoms with Crippen LogP contribution in [0.25, 0.3) is 0 Å². The molecular formula is C23H25O5P. The van der Waals surface area contributed by atoms with Gasteiger partial charge in [0.2, 0.25) is 0 Å². The quantitative estimate of drug-likeness (QED) is 0.476. The van der Waals surface area contributed by atoms with E-state index in [1.165, 1.54) is 0 Å². The second-order valence-electron chi connectivity index (χ2n) is 7.08. The highest BCUT2D eigenvalue weighted by atomic mass is 31.2. The minimum atomic E-state index is -4.30. The van der Waals surface area contributed by atoms with Crippen molar-refractivity contribution >= 4 is 7.82 Å². The smallest absolute Gasteiger partial charge is 0.395 e. The van der Waals surface area contributed by atoms with Crippen LogP contribution in [0.2, 0.25) is 0 Å². The van der Waals surface area contributed by atoms with Gasteiger partial charge in [-0.2, -0.15) is 0 Å². The maximum Gasteiger partial charge on any atom is 0.584 e. The van der Waals surface area contributed by atoms with E-state index in [2.05, 4.69) is 0 Å². The number of aliphatic hydroxyl groups is 1. The van der Waals surface area contributed by atoms with E-state index in [0.29, 0.717) is 18.6 Å². The Hall–Kier alpha value is -2.59. The highest BCUT2D eigenvalue weighted by Gasteiger charge is 2.25. The van der Waals surface area contributed by atoms with Gasteiger partial charge in [0.1, 0.15) is 11.5 Å². The third-order valence-corrected chi connectivity index (χ3v) is 5.33. The molecule has 0 saturated carbocycles. The third-order valence-electron chi connectivity index (χ3n) is 4.45. The lowest BCUT2D eigenvalue weighted by molar-refractivity contribution is 0.168. The second-order valence-corrected chi connectivity index (χ2v) is 8.39. The van der Waals surface area contributed by atoms with Crippen molar-refractivity contribution in [3.05, 3.63) is 95.1 Å². The van der Waals surface area contributed by atoms with Gasteiger partial charge >= 0.3 is 7.82 Å². The molecule has 2 N–H and O–H groups in total. The summed E-state index contributed by atoms with van der Waals surface area (Å²) in [6.45, 7) is 3.77. The number of phosphoric acid groups is 1. The molecule has 2 atom stereocenters. The molecule has 0 radical (unpaired) electrons. The number of benzene rings is 3. The van der Waals surface area contributed by atoms with Crippen LogP contribution < -0.4 is 9.05 Å². The standard InChI is InChI=1S/C23H25O5P/c1-17-14-18(2)16-22(15-17)28-29(25,26)27-21-11-8-19(9-12-21)10-13-23(24)20-6-4-3-5-7-20/h3-9,11-12,14-16,23-24H,10,13H2,1-2H3,(H,25,26). The van der Waals surface area contributed by atoms with Gasteiger partial charge in [-0.3, -0.25) is 4.89 Å². The fourth-order valence-electron chi connectivity index (χ4n) is 3.13. The fourth-order valence-corrected chi connectivity index (χ4v) is 3.93. The van der Waals surface area contributed by atoms with Crippen LogP contribution in [0.4, 0.5) is 0 Å². The lowest BCUT2D eigenvalue weighted by Crippen LogP contribution is -2.01. The van der Waals surface area contributed by atoms with Gasteiger partial charge in [0, 0.05) is 0 Å². The molecule has 0 aromatic heterocycles. The predicted molar refractivity (Wildman–Crippen MR) is 113 cm³/mol. The Labute approximate surface area is 171 Å². The van der Waals surface area contributed by atoms with E-state index in [1.54, 1.807) is 24.3 Å². The molecule has 6 heteroatoms. The molecule has 0 aliphatic heterocycles. The summed E-state index contributed by atoms with van der Waals surface area (Å²) < 4.78 is 22.7. The number of hydrogen-bond acceptors (Lipinski definition) is 4. The molecule has 0 aliphatic carbocycles. The van der Waals surface area contributed by atoms with E-state index in [9.17, 15) is 14.6 Å². The van der Waals surface area contributed by atoms with Crippen molar-refractivity contribution in [2.75, 3.05) is 0 Å². The zero-order chi connectivity index (χ0) is 20.9. The second kappa shape index (κ2) is 9.27. The zero-order valence-corrected chi connectivity index (χ0v) is 17.4. The number of hydrogen-bond donors (Lipinski definition) is 2. The molecule has 0 aliphatic rings. The summed E-state index contributed by atoms with van der Waals surface area (Å²) in [5, 5.41) is 10.3. The van der Waals surface area contributed by atoms with Crippen LogP contribution in [-0.2, 0) is 11.0 Å². The zero-order valence-electron chi connectivity index (χ0n) is 16.5. The summed E-state index contributed by atoms with van der Waals surface area (Å²) in [4.78, 5) is 10.1. The predicted octanol–water partition coefficient (Wildman–Crippen LogP) is 5.53. The summed E-state index contributed by atoms with van der Waals surface area (Å²) in [7, 11) is -4.30. The van der Waals surface area contributed by atoms with Crippen molar-refractivity contribution in [2.24, 2.45) is 0 Å². The molecule has 5 nitrogen and oxygen atoms in total. The van der Waals surface area contributed by atoms with Gasteiger partial charge in [-0.05, 0) is 73.2 Å². The Morgan fingerprint density at radius 2 is 1.45 bits per heavy atom. The molecule has 0 saturated heterocycles. The van der Waals surface area contributed by atoms with Crippen molar-refractivity contribution in [1.82, 2.24) is 0 Å². The SMILES string of the molecule is Cc1cc(C)cc(OP(=O)(O)Oc2ccc(CCC(O)c3ccccc3)cc2)c1. The van der Waals surface area contributed by atoms with Crippen LogP contribution >= 0.6 is 7.82 Å². The summed E-state index contributed by atoms with van der Waals surface area (Å²) in [5.74, 6) is 0.535. The Balaban J connectivity index is 1.57. The molecule has 152 valence electrons. The molecule has 3 aromatic rings. The van der Waals surface area contributed by atoms with E-state index in [1.807, 2.05) is 62.4 Å². The van der Waals surface area contributed by atoms with Gasteiger partial charge < -0.3 is 14.2 Å². The van der Waals surface area contributed by atoms with Crippen LogP contribution in [0.3, 0.4) is 0 Å². The monoisotopic (exact) mass is 412 g/mol. The molecular weight excluding hydrogens is 387 g/mol. The molecule has 3 aromatic carbocycles. The number of aryl methyl sites for hydroxylation is 3. The third kappa shape index (κ3) is 6.47. The molecule has 0 fully saturated rings. The number of aliphatic hydroxyl groups excluding tert-OH is 1. The van der Waals surface area contributed by atoms with E-state index < -0.39 is 13.9 Å². The van der Waals surface area contributed by atoms with Gasteiger partial charge in [-0.15, -0.1) is 0 Å². The largest absolute Gasteiger partial charge is 0.584 e. The van der Waals surface area contributed by atoms with E-state index in [-0.39, 0.29) is 5.75 Å². The Kier molecular flexibility index (Phi) is 6.75. The molecule has 3 rings (SSSR count). The van der Waals surface area contributed by atoms with Crippen molar-refractivity contribution in [1.29, 1.82) is 0 Å². The first-order chi connectivity index (χ1) is 13.8. The Morgan fingerprint density at radius 1 is 0.862 bits per heavy atom. The van der Waals surface area contributed by atoms with Gasteiger partial charge in [0.25, 0.3) is 0 Å². The van der Waals surface area contributed by atoms with E-state index in [4.69, 9.17) is 9.05 Å². The summed E-state index contributed by atoms with van der Waals surface area (Å²) >= 11 is 0. The highest BCUT2D eigenvalue weighted by Crippen LogP contribution is 2.44. The first-order valence-corrected chi connectivity index (χ1v) is 10.9. The van der Waals surface area contributed by atoms with Crippen LogP contribution in [-0.4, -0.2) is 10.00 Å². The van der Waals surface area contributed by atoms with Crippen LogP contribution in [0.15, 0.2) is 72.8 Å². The highest BCUT2D eigenvalue weighted by molar-refractivity contribution is 7.48. The van der Waals surface area contributed by atoms with Gasteiger partial charge in [-0.1, -0.05) is 48.5 Å².